The first kappa shape index (κ1) is 23.2. The number of hydrogen-bond acceptors (Lipinski definition) is 7. The molecule has 33 heavy (non-hydrogen) atoms. The van der Waals surface area contributed by atoms with Crippen molar-refractivity contribution >= 4 is 11.3 Å². The van der Waals surface area contributed by atoms with E-state index in [4.69, 9.17) is 9.47 Å². The van der Waals surface area contributed by atoms with Crippen LogP contribution in [0.15, 0.2) is 29.1 Å². The summed E-state index contributed by atoms with van der Waals surface area (Å²) >= 11 is 1.00. The Balaban J connectivity index is 1.40. The van der Waals surface area contributed by atoms with Gasteiger partial charge < -0.3 is 24.8 Å². The number of rotatable bonds is 6. The van der Waals surface area contributed by atoms with Gasteiger partial charge in [-0.05, 0) is 56.5 Å². The second-order valence-corrected chi connectivity index (χ2v) is 10.0. The van der Waals surface area contributed by atoms with Crippen LogP contribution in [0.4, 0.5) is 0 Å². The molecule has 1 aromatic heterocycles. The van der Waals surface area contributed by atoms with Gasteiger partial charge in [0.05, 0.1) is 17.6 Å². The normalized spacial score (nSPS) is 19.7. The number of fused-ring (bicyclic) bond motifs is 1. The van der Waals surface area contributed by atoms with Gasteiger partial charge in [0.15, 0.2) is 0 Å². The van der Waals surface area contributed by atoms with E-state index in [1.165, 1.54) is 0 Å². The molecule has 0 spiro atoms. The van der Waals surface area contributed by atoms with Gasteiger partial charge in [-0.25, -0.2) is 0 Å². The first-order valence-electron chi connectivity index (χ1n) is 10.9. The Morgan fingerprint density at radius 1 is 1.15 bits per heavy atom. The molecule has 0 amide bonds. The number of H-pyrrole nitrogens is 1. The zero-order valence-electron chi connectivity index (χ0n) is 19.2. The molecule has 3 aromatic rings. The molecule has 0 saturated carbocycles. The van der Waals surface area contributed by atoms with Crippen LogP contribution in [0.1, 0.15) is 58.6 Å². The van der Waals surface area contributed by atoms with Crippen molar-refractivity contribution in [2.75, 3.05) is 6.61 Å². The number of aliphatic hydroxyl groups is 1. The predicted molar refractivity (Wildman–Crippen MR) is 127 cm³/mol. The number of phenols is 1. The molecular formula is C25H29NO6S. The Morgan fingerprint density at radius 3 is 2.48 bits per heavy atom. The Hall–Kier alpha value is -2.97. The van der Waals surface area contributed by atoms with Crippen molar-refractivity contribution in [3.05, 3.63) is 66.6 Å². The van der Waals surface area contributed by atoms with Crippen molar-refractivity contribution in [1.29, 1.82) is 0 Å². The van der Waals surface area contributed by atoms with Gasteiger partial charge in [0.2, 0.25) is 5.88 Å². The predicted octanol–water partition coefficient (Wildman–Crippen LogP) is 4.41. The standard InChI is InChI=1S/C25H29NO6S/c1-13-14(2)22-20(15(3)21(13)28)18(27)12-25(4,32-22)9-10-31-17-7-5-16(6-8-17)11-19-23(29)26-24(30)33-19/h5-8,18,27-29H,9-12H2,1-4H3,(H,26,30). The van der Waals surface area contributed by atoms with Crippen molar-refractivity contribution in [1.82, 2.24) is 4.98 Å². The minimum atomic E-state index is -0.719. The van der Waals surface area contributed by atoms with Crippen molar-refractivity contribution in [2.45, 2.75) is 58.7 Å². The van der Waals surface area contributed by atoms with Gasteiger partial charge in [-0.15, -0.1) is 0 Å². The van der Waals surface area contributed by atoms with E-state index in [1.807, 2.05) is 45.0 Å². The van der Waals surface area contributed by atoms with Gasteiger partial charge in [-0.2, -0.15) is 0 Å². The van der Waals surface area contributed by atoms with Crippen LogP contribution in [0, 0.1) is 20.8 Å². The summed E-state index contributed by atoms with van der Waals surface area (Å²) in [5, 5.41) is 30.9. The van der Waals surface area contributed by atoms with Gasteiger partial charge in [-0.1, -0.05) is 23.5 Å². The maximum Gasteiger partial charge on any atom is 0.307 e. The lowest BCUT2D eigenvalue weighted by Crippen LogP contribution is -2.40. The number of aromatic hydroxyl groups is 2. The number of aromatic amines is 1. The molecular weight excluding hydrogens is 442 g/mol. The second-order valence-electron chi connectivity index (χ2n) is 8.94. The van der Waals surface area contributed by atoms with Gasteiger partial charge in [0, 0.05) is 30.4 Å². The number of thiazole rings is 1. The number of aromatic nitrogens is 1. The van der Waals surface area contributed by atoms with E-state index < -0.39 is 11.7 Å². The van der Waals surface area contributed by atoms with Crippen molar-refractivity contribution in [3.8, 4) is 23.1 Å². The first-order valence-corrected chi connectivity index (χ1v) is 11.7. The van der Waals surface area contributed by atoms with Crippen LogP contribution in [-0.4, -0.2) is 32.5 Å². The van der Waals surface area contributed by atoms with Gasteiger partial charge in [0.25, 0.3) is 0 Å². The Kier molecular flexibility index (Phi) is 6.16. The van der Waals surface area contributed by atoms with Gasteiger partial charge >= 0.3 is 4.87 Å². The summed E-state index contributed by atoms with van der Waals surface area (Å²) < 4.78 is 12.3. The van der Waals surface area contributed by atoms with E-state index in [2.05, 4.69) is 4.98 Å². The highest BCUT2D eigenvalue weighted by atomic mass is 32.1. The zero-order valence-corrected chi connectivity index (χ0v) is 20.0. The third kappa shape index (κ3) is 4.58. The quantitative estimate of drug-likeness (QED) is 0.424. The SMILES string of the molecule is Cc1c(C)c2c(c(C)c1O)C(O)CC(C)(CCOc1ccc(Cc3sc(=O)[nH]c3O)cc1)O2. The Labute approximate surface area is 196 Å². The van der Waals surface area contributed by atoms with Gasteiger partial charge in [-0.3, -0.25) is 9.78 Å². The van der Waals surface area contributed by atoms with Crippen LogP contribution in [0.3, 0.4) is 0 Å². The van der Waals surface area contributed by atoms with Crippen LogP contribution in [0.5, 0.6) is 23.1 Å². The molecule has 0 bridgehead atoms. The lowest BCUT2D eigenvalue weighted by molar-refractivity contribution is -0.0153. The number of ether oxygens (including phenoxy) is 2. The molecule has 2 atom stereocenters. The highest BCUT2D eigenvalue weighted by Gasteiger charge is 2.39. The number of phenolic OH excluding ortho intramolecular Hbond substituents is 1. The number of nitrogens with one attached hydrogen (secondary N) is 1. The summed E-state index contributed by atoms with van der Waals surface area (Å²) in [6.07, 6.45) is 0.735. The lowest BCUT2D eigenvalue weighted by atomic mass is 9.84. The fourth-order valence-corrected chi connectivity index (χ4v) is 5.12. The minimum Gasteiger partial charge on any atom is -0.507 e. The highest BCUT2D eigenvalue weighted by Crippen LogP contribution is 2.48. The molecule has 4 N–H and O–H groups in total. The first-order chi connectivity index (χ1) is 15.6. The molecule has 1 aliphatic rings. The van der Waals surface area contributed by atoms with E-state index in [1.54, 1.807) is 6.92 Å². The van der Waals surface area contributed by atoms with E-state index in [-0.39, 0.29) is 16.5 Å². The van der Waals surface area contributed by atoms with Crippen LogP contribution >= 0.6 is 11.3 Å². The third-order valence-electron chi connectivity index (χ3n) is 6.46. The molecule has 0 radical (unpaired) electrons. The summed E-state index contributed by atoms with van der Waals surface area (Å²) in [5.41, 5.74) is 3.30. The summed E-state index contributed by atoms with van der Waals surface area (Å²) in [4.78, 5) is 14.0. The van der Waals surface area contributed by atoms with Crippen LogP contribution in [-0.2, 0) is 6.42 Å². The summed E-state index contributed by atoms with van der Waals surface area (Å²) in [7, 11) is 0. The number of aliphatic hydroxyl groups excluding tert-OH is 1. The zero-order chi connectivity index (χ0) is 23.9. The summed E-state index contributed by atoms with van der Waals surface area (Å²) in [5.74, 6) is 1.50. The molecule has 0 aliphatic carbocycles. The van der Waals surface area contributed by atoms with E-state index >= 15 is 0 Å². The molecule has 4 rings (SSSR count). The molecule has 8 heteroatoms. The van der Waals surface area contributed by atoms with Crippen LogP contribution in [0.25, 0.3) is 0 Å². The molecule has 0 saturated heterocycles. The molecule has 176 valence electrons. The average molecular weight is 472 g/mol. The summed E-state index contributed by atoms with van der Waals surface area (Å²) in [6, 6.07) is 7.52. The maximum absolute atomic E-state index is 11.3. The van der Waals surface area contributed by atoms with E-state index in [0.717, 1.165) is 28.0 Å². The number of benzene rings is 2. The van der Waals surface area contributed by atoms with Crippen molar-refractivity contribution in [3.63, 3.8) is 0 Å². The maximum atomic E-state index is 11.3. The molecule has 2 unspecified atom stereocenters. The molecule has 0 fully saturated rings. The van der Waals surface area contributed by atoms with Crippen LogP contribution in [0.2, 0.25) is 0 Å². The smallest absolute Gasteiger partial charge is 0.307 e. The molecule has 2 heterocycles. The van der Waals surface area contributed by atoms with Crippen LogP contribution < -0.4 is 14.3 Å². The van der Waals surface area contributed by atoms with Gasteiger partial charge in [0.1, 0.15) is 22.8 Å². The third-order valence-corrected chi connectivity index (χ3v) is 7.33. The van der Waals surface area contributed by atoms with Crippen molar-refractivity contribution in [2.24, 2.45) is 0 Å². The van der Waals surface area contributed by atoms with E-state index in [9.17, 15) is 20.1 Å². The lowest BCUT2D eigenvalue weighted by Gasteiger charge is -2.40. The molecule has 7 nitrogen and oxygen atoms in total. The summed E-state index contributed by atoms with van der Waals surface area (Å²) in [6.45, 7) is 7.94. The van der Waals surface area contributed by atoms with Crippen molar-refractivity contribution < 1.29 is 24.8 Å². The Bertz CT molecular complexity index is 1230. The fraction of sp³-hybridized carbons (Fsp3) is 0.400. The fourth-order valence-electron chi connectivity index (χ4n) is 4.36. The topological polar surface area (TPSA) is 112 Å². The Morgan fingerprint density at radius 2 is 1.85 bits per heavy atom. The largest absolute Gasteiger partial charge is 0.507 e. The molecule has 1 aliphatic heterocycles. The second kappa shape index (κ2) is 8.76. The monoisotopic (exact) mass is 471 g/mol. The number of hydrogen-bond donors (Lipinski definition) is 4. The van der Waals surface area contributed by atoms with E-state index in [0.29, 0.717) is 53.4 Å². The minimum absolute atomic E-state index is 0.0781. The average Bonchev–Trinajstić information content (AvgIpc) is 3.08. The molecule has 2 aromatic carbocycles. The highest BCUT2D eigenvalue weighted by molar-refractivity contribution is 7.09.